The first kappa shape index (κ1) is 11.0. The van der Waals surface area contributed by atoms with Crippen molar-refractivity contribution in [1.82, 2.24) is 5.32 Å². The summed E-state index contributed by atoms with van der Waals surface area (Å²) in [6.07, 6.45) is 3.88. The predicted octanol–water partition coefficient (Wildman–Crippen LogP) is 1.04. The van der Waals surface area contributed by atoms with Gasteiger partial charge in [-0.3, -0.25) is 0 Å². The molecule has 0 aromatic carbocycles. The molecule has 0 saturated carbocycles. The Morgan fingerprint density at radius 1 is 1.31 bits per heavy atom. The van der Waals surface area contributed by atoms with Gasteiger partial charge in [-0.2, -0.15) is 0 Å². The Labute approximate surface area is 80.8 Å². The summed E-state index contributed by atoms with van der Waals surface area (Å²) < 4.78 is 10.3. The molecule has 1 aliphatic heterocycles. The zero-order valence-corrected chi connectivity index (χ0v) is 8.55. The van der Waals surface area contributed by atoms with Gasteiger partial charge in [0.25, 0.3) is 0 Å². The maximum atomic E-state index is 5.42. The highest BCUT2D eigenvalue weighted by Gasteiger charge is 2.11. The monoisotopic (exact) mass is 187 g/mol. The number of methoxy groups -OCH3 is 1. The Morgan fingerprint density at radius 3 is 2.92 bits per heavy atom. The summed E-state index contributed by atoms with van der Waals surface area (Å²) in [6.45, 7) is 4.70. The molecule has 1 unspecified atom stereocenters. The first-order valence-electron chi connectivity index (χ1n) is 5.21. The number of ether oxygens (including phenoxy) is 2. The molecule has 0 aliphatic carbocycles. The molecule has 1 fully saturated rings. The lowest BCUT2D eigenvalue weighted by atomic mass is 9.97. The minimum Gasteiger partial charge on any atom is -0.382 e. The number of rotatable bonds is 6. The maximum absolute atomic E-state index is 5.42. The van der Waals surface area contributed by atoms with Gasteiger partial charge in [0, 0.05) is 13.7 Å². The highest BCUT2D eigenvalue weighted by molar-refractivity contribution is 4.68. The van der Waals surface area contributed by atoms with Gasteiger partial charge in [-0.05, 0) is 38.3 Å². The van der Waals surface area contributed by atoms with Crippen molar-refractivity contribution in [3.63, 3.8) is 0 Å². The lowest BCUT2D eigenvalue weighted by Crippen LogP contribution is -2.30. The van der Waals surface area contributed by atoms with Crippen molar-refractivity contribution in [3.05, 3.63) is 0 Å². The van der Waals surface area contributed by atoms with E-state index in [-0.39, 0.29) is 0 Å². The van der Waals surface area contributed by atoms with E-state index in [4.69, 9.17) is 9.47 Å². The Hall–Kier alpha value is -0.120. The molecule has 0 bridgehead atoms. The van der Waals surface area contributed by atoms with Crippen LogP contribution < -0.4 is 5.32 Å². The standard InChI is InChI=1S/C10H21NO2/c1-12-7-8-13-6-4-10-3-2-5-11-9-10/h10-11H,2-9H2,1H3. The minimum atomic E-state index is 0.711. The summed E-state index contributed by atoms with van der Waals surface area (Å²) in [5, 5.41) is 3.41. The van der Waals surface area contributed by atoms with Crippen molar-refractivity contribution in [1.29, 1.82) is 0 Å². The van der Waals surface area contributed by atoms with Crippen molar-refractivity contribution < 1.29 is 9.47 Å². The molecule has 0 radical (unpaired) electrons. The van der Waals surface area contributed by atoms with Crippen LogP contribution in [0.1, 0.15) is 19.3 Å². The van der Waals surface area contributed by atoms with Crippen molar-refractivity contribution >= 4 is 0 Å². The van der Waals surface area contributed by atoms with Crippen LogP contribution >= 0.6 is 0 Å². The quantitative estimate of drug-likeness (QED) is 0.630. The smallest absolute Gasteiger partial charge is 0.0700 e. The van der Waals surface area contributed by atoms with Crippen LogP contribution in [0.3, 0.4) is 0 Å². The zero-order chi connectivity index (χ0) is 9.36. The van der Waals surface area contributed by atoms with Crippen molar-refractivity contribution in [3.8, 4) is 0 Å². The average Bonchev–Trinajstić information content (AvgIpc) is 2.19. The van der Waals surface area contributed by atoms with Crippen molar-refractivity contribution in [2.75, 3.05) is 40.0 Å². The van der Waals surface area contributed by atoms with Gasteiger partial charge >= 0.3 is 0 Å². The van der Waals surface area contributed by atoms with Gasteiger partial charge in [0.15, 0.2) is 0 Å². The molecule has 1 saturated heterocycles. The molecular weight excluding hydrogens is 166 g/mol. The SMILES string of the molecule is COCCOCCC1CCCNC1. The van der Waals surface area contributed by atoms with Crippen LogP contribution in [-0.2, 0) is 9.47 Å². The molecule has 0 aromatic heterocycles. The summed E-state index contributed by atoms with van der Waals surface area (Å²) >= 11 is 0. The van der Waals surface area contributed by atoms with Gasteiger partial charge in [0.05, 0.1) is 13.2 Å². The zero-order valence-electron chi connectivity index (χ0n) is 8.55. The summed E-state index contributed by atoms with van der Waals surface area (Å²) in [5.74, 6) is 0.830. The van der Waals surface area contributed by atoms with E-state index in [1.807, 2.05) is 0 Å². The van der Waals surface area contributed by atoms with Crippen molar-refractivity contribution in [2.45, 2.75) is 19.3 Å². The second-order valence-electron chi connectivity index (χ2n) is 3.61. The van der Waals surface area contributed by atoms with Gasteiger partial charge in [0.2, 0.25) is 0 Å². The molecule has 3 heteroatoms. The Kier molecular flexibility index (Phi) is 6.15. The van der Waals surface area contributed by atoms with Gasteiger partial charge in [-0.15, -0.1) is 0 Å². The van der Waals surface area contributed by atoms with E-state index in [0.29, 0.717) is 6.61 Å². The fourth-order valence-electron chi connectivity index (χ4n) is 1.66. The maximum Gasteiger partial charge on any atom is 0.0700 e. The first-order chi connectivity index (χ1) is 6.43. The lowest BCUT2D eigenvalue weighted by Gasteiger charge is -2.22. The van der Waals surface area contributed by atoms with Gasteiger partial charge < -0.3 is 14.8 Å². The number of hydrogen-bond acceptors (Lipinski definition) is 3. The van der Waals surface area contributed by atoms with Crippen LogP contribution in [0, 0.1) is 5.92 Å². The van der Waals surface area contributed by atoms with E-state index in [0.717, 1.165) is 19.1 Å². The van der Waals surface area contributed by atoms with Crippen LogP contribution in [-0.4, -0.2) is 40.0 Å². The molecule has 78 valence electrons. The van der Waals surface area contributed by atoms with E-state index in [1.54, 1.807) is 7.11 Å². The first-order valence-corrected chi connectivity index (χ1v) is 5.21. The minimum absolute atomic E-state index is 0.711. The Bertz CT molecular complexity index is 113. The molecule has 0 spiro atoms. The fraction of sp³-hybridized carbons (Fsp3) is 1.00. The number of hydrogen-bond donors (Lipinski definition) is 1. The number of nitrogens with one attached hydrogen (secondary N) is 1. The summed E-state index contributed by atoms with van der Waals surface area (Å²) in [7, 11) is 1.70. The van der Waals surface area contributed by atoms with Gasteiger partial charge in [0.1, 0.15) is 0 Å². The molecule has 1 heterocycles. The summed E-state index contributed by atoms with van der Waals surface area (Å²) in [5.41, 5.74) is 0. The van der Waals surface area contributed by atoms with Crippen LogP contribution in [0.5, 0.6) is 0 Å². The van der Waals surface area contributed by atoms with E-state index >= 15 is 0 Å². The van der Waals surface area contributed by atoms with Crippen LogP contribution in [0.15, 0.2) is 0 Å². The Morgan fingerprint density at radius 2 is 2.23 bits per heavy atom. The highest BCUT2D eigenvalue weighted by atomic mass is 16.5. The van der Waals surface area contributed by atoms with E-state index in [1.165, 1.54) is 32.4 Å². The highest BCUT2D eigenvalue weighted by Crippen LogP contribution is 2.13. The second-order valence-corrected chi connectivity index (χ2v) is 3.61. The fourth-order valence-corrected chi connectivity index (χ4v) is 1.66. The molecule has 1 N–H and O–H groups in total. The third kappa shape index (κ3) is 5.24. The molecule has 1 rings (SSSR count). The molecule has 3 nitrogen and oxygen atoms in total. The topological polar surface area (TPSA) is 30.5 Å². The van der Waals surface area contributed by atoms with Gasteiger partial charge in [-0.25, -0.2) is 0 Å². The van der Waals surface area contributed by atoms with Gasteiger partial charge in [-0.1, -0.05) is 0 Å². The summed E-state index contributed by atoms with van der Waals surface area (Å²) in [4.78, 5) is 0. The van der Waals surface area contributed by atoms with Crippen LogP contribution in [0.25, 0.3) is 0 Å². The largest absolute Gasteiger partial charge is 0.382 e. The average molecular weight is 187 g/mol. The molecule has 0 aromatic rings. The normalized spacial score (nSPS) is 23.3. The number of piperidine rings is 1. The third-order valence-corrected chi connectivity index (χ3v) is 2.50. The van der Waals surface area contributed by atoms with Crippen LogP contribution in [0.2, 0.25) is 0 Å². The van der Waals surface area contributed by atoms with E-state index in [2.05, 4.69) is 5.32 Å². The van der Waals surface area contributed by atoms with Crippen molar-refractivity contribution in [2.24, 2.45) is 5.92 Å². The molecule has 0 amide bonds. The Balaban J connectivity index is 1.86. The molecule has 1 atom stereocenters. The lowest BCUT2D eigenvalue weighted by molar-refractivity contribution is 0.0621. The van der Waals surface area contributed by atoms with E-state index < -0.39 is 0 Å². The molecule has 13 heavy (non-hydrogen) atoms. The molecule has 1 aliphatic rings. The summed E-state index contributed by atoms with van der Waals surface area (Å²) in [6, 6.07) is 0. The second kappa shape index (κ2) is 7.30. The predicted molar refractivity (Wildman–Crippen MR) is 52.9 cm³/mol. The van der Waals surface area contributed by atoms with E-state index in [9.17, 15) is 0 Å². The third-order valence-electron chi connectivity index (χ3n) is 2.50. The molecular formula is C10H21NO2. The van der Waals surface area contributed by atoms with Crippen LogP contribution in [0.4, 0.5) is 0 Å².